The van der Waals surface area contributed by atoms with Crippen molar-refractivity contribution in [2.75, 3.05) is 7.11 Å². The number of benzene rings is 2. The second kappa shape index (κ2) is 4.97. The Morgan fingerprint density at radius 3 is 2.53 bits per heavy atom. The molecule has 2 nitrogen and oxygen atoms in total. The van der Waals surface area contributed by atoms with E-state index >= 15 is 0 Å². The molecule has 0 atom stereocenters. The van der Waals surface area contributed by atoms with Crippen molar-refractivity contribution in [3.8, 4) is 16.9 Å². The fourth-order valence-electron chi connectivity index (χ4n) is 1.81. The summed E-state index contributed by atoms with van der Waals surface area (Å²) in [5.41, 5.74) is 7.93. The quantitative estimate of drug-likeness (QED) is 0.881. The van der Waals surface area contributed by atoms with E-state index in [1.54, 1.807) is 25.3 Å². The first-order valence-corrected chi connectivity index (χ1v) is 5.38. The van der Waals surface area contributed by atoms with Crippen LogP contribution < -0.4 is 10.5 Å². The molecule has 0 radical (unpaired) electrons. The van der Waals surface area contributed by atoms with E-state index in [0.29, 0.717) is 12.1 Å². The van der Waals surface area contributed by atoms with Crippen molar-refractivity contribution in [2.45, 2.75) is 6.54 Å². The summed E-state index contributed by atoms with van der Waals surface area (Å²) < 4.78 is 18.8. The van der Waals surface area contributed by atoms with Crippen LogP contribution in [-0.2, 0) is 6.54 Å². The van der Waals surface area contributed by atoms with Crippen molar-refractivity contribution < 1.29 is 9.13 Å². The molecular formula is C14H14FNO. The molecule has 0 fully saturated rings. The van der Waals surface area contributed by atoms with Gasteiger partial charge >= 0.3 is 0 Å². The van der Waals surface area contributed by atoms with Gasteiger partial charge in [0.15, 0.2) is 0 Å². The smallest absolute Gasteiger partial charge is 0.131 e. The molecule has 0 heterocycles. The molecule has 17 heavy (non-hydrogen) atoms. The minimum atomic E-state index is -0.243. The van der Waals surface area contributed by atoms with Crippen LogP contribution in [0.5, 0.6) is 5.75 Å². The van der Waals surface area contributed by atoms with E-state index in [0.717, 1.165) is 16.9 Å². The molecule has 0 spiro atoms. The van der Waals surface area contributed by atoms with Crippen molar-refractivity contribution in [2.24, 2.45) is 5.73 Å². The van der Waals surface area contributed by atoms with Crippen LogP contribution in [0.3, 0.4) is 0 Å². The topological polar surface area (TPSA) is 35.2 Å². The molecule has 88 valence electrons. The molecule has 2 N–H and O–H groups in total. The molecule has 0 amide bonds. The van der Waals surface area contributed by atoms with Crippen molar-refractivity contribution in [1.82, 2.24) is 0 Å². The van der Waals surface area contributed by atoms with Gasteiger partial charge in [0.05, 0.1) is 7.11 Å². The molecule has 0 unspecified atom stereocenters. The second-order valence-electron chi connectivity index (χ2n) is 3.71. The molecule has 0 saturated heterocycles. The third-order valence-electron chi connectivity index (χ3n) is 2.70. The van der Waals surface area contributed by atoms with Crippen LogP contribution in [0.4, 0.5) is 4.39 Å². The summed E-state index contributed by atoms with van der Waals surface area (Å²) in [6.07, 6.45) is 0. The Balaban J connectivity index is 2.56. The molecule has 2 aromatic carbocycles. The minimum absolute atomic E-state index is 0.243. The molecule has 0 aromatic heterocycles. The first-order valence-electron chi connectivity index (χ1n) is 5.38. The lowest BCUT2D eigenvalue weighted by atomic mass is 9.99. The van der Waals surface area contributed by atoms with Gasteiger partial charge in [-0.3, -0.25) is 0 Å². The normalized spacial score (nSPS) is 10.3. The molecule has 2 rings (SSSR count). The Kier molecular flexibility index (Phi) is 3.40. The molecule has 0 aliphatic rings. The van der Waals surface area contributed by atoms with Crippen molar-refractivity contribution in [3.63, 3.8) is 0 Å². The minimum Gasteiger partial charge on any atom is -0.497 e. The predicted octanol–water partition coefficient (Wildman–Crippen LogP) is 2.96. The van der Waals surface area contributed by atoms with E-state index in [2.05, 4.69) is 0 Å². The van der Waals surface area contributed by atoms with Crippen molar-refractivity contribution >= 4 is 0 Å². The zero-order valence-corrected chi connectivity index (χ0v) is 9.61. The van der Waals surface area contributed by atoms with Gasteiger partial charge in [-0.25, -0.2) is 4.39 Å². The second-order valence-corrected chi connectivity index (χ2v) is 3.71. The first-order chi connectivity index (χ1) is 8.26. The molecular weight excluding hydrogens is 217 g/mol. The van der Waals surface area contributed by atoms with Gasteiger partial charge < -0.3 is 10.5 Å². The molecule has 2 aromatic rings. The van der Waals surface area contributed by atoms with Crippen molar-refractivity contribution in [3.05, 3.63) is 53.8 Å². The van der Waals surface area contributed by atoms with Gasteiger partial charge in [0.2, 0.25) is 0 Å². The van der Waals surface area contributed by atoms with Crippen LogP contribution in [0, 0.1) is 5.82 Å². The Morgan fingerprint density at radius 1 is 1.12 bits per heavy atom. The van der Waals surface area contributed by atoms with Gasteiger partial charge in [-0.15, -0.1) is 0 Å². The Bertz CT molecular complexity index is 525. The highest BCUT2D eigenvalue weighted by Gasteiger charge is 2.09. The van der Waals surface area contributed by atoms with Gasteiger partial charge in [0.1, 0.15) is 11.6 Å². The van der Waals surface area contributed by atoms with E-state index in [1.165, 1.54) is 6.07 Å². The number of nitrogens with two attached hydrogens (primary N) is 1. The Morgan fingerprint density at radius 2 is 1.88 bits per heavy atom. The zero-order valence-electron chi connectivity index (χ0n) is 9.61. The maximum absolute atomic E-state index is 13.7. The number of ether oxygens (including phenoxy) is 1. The maximum atomic E-state index is 13.7. The molecule has 0 aliphatic heterocycles. The van der Waals surface area contributed by atoms with Crippen LogP contribution in [0.15, 0.2) is 42.5 Å². The third kappa shape index (κ3) is 2.29. The number of halogens is 1. The summed E-state index contributed by atoms with van der Waals surface area (Å²) >= 11 is 0. The molecule has 0 aliphatic carbocycles. The highest BCUT2D eigenvalue weighted by molar-refractivity contribution is 5.69. The lowest BCUT2D eigenvalue weighted by Gasteiger charge is -2.10. The average molecular weight is 231 g/mol. The van der Waals surface area contributed by atoms with E-state index in [-0.39, 0.29) is 5.82 Å². The van der Waals surface area contributed by atoms with Gasteiger partial charge in [0.25, 0.3) is 0 Å². The van der Waals surface area contributed by atoms with E-state index in [4.69, 9.17) is 10.5 Å². The summed E-state index contributed by atoms with van der Waals surface area (Å²) in [6, 6.07) is 12.1. The highest BCUT2D eigenvalue weighted by Crippen LogP contribution is 2.28. The van der Waals surface area contributed by atoms with Crippen LogP contribution in [0.25, 0.3) is 11.1 Å². The number of methoxy groups -OCH3 is 1. The van der Waals surface area contributed by atoms with Crippen molar-refractivity contribution in [1.29, 1.82) is 0 Å². The summed E-state index contributed by atoms with van der Waals surface area (Å²) in [5, 5.41) is 0. The van der Waals surface area contributed by atoms with Crippen LogP contribution >= 0.6 is 0 Å². The number of rotatable bonds is 3. The largest absolute Gasteiger partial charge is 0.497 e. The fraction of sp³-hybridized carbons (Fsp3) is 0.143. The first kappa shape index (κ1) is 11.6. The monoisotopic (exact) mass is 231 g/mol. The number of hydrogen-bond acceptors (Lipinski definition) is 2. The molecule has 0 bridgehead atoms. The van der Waals surface area contributed by atoms with E-state index in [1.807, 2.05) is 18.2 Å². The Labute approximate surface area is 99.8 Å². The maximum Gasteiger partial charge on any atom is 0.131 e. The molecule has 0 saturated carbocycles. The summed E-state index contributed by atoms with van der Waals surface area (Å²) in [5.74, 6) is 0.484. The standard InChI is InChI=1S/C14H14FNO/c1-17-11-6-7-12(10(8-11)9-16)13-4-2-3-5-14(13)15/h2-8H,9,16H2,1H3. The zero-order chi connectivity index (χ0) is 12.3. The van der Waals surface area contributed by atoms with Gasteiger partial charge in [-0.05, 0) is 29.3 Å². The Hall–Kier alpha value is -1.87. The highest BCUT2D eigenvalue weighted by atomic mass is 19.1. The summed E-state index contributed by atoms with van der Waals surface area (Å²) in [4.78, 5) is 0. The molecule has 3 heteroatoms. The summed E-state index contributed by atoms with van der Waals surface area (Å²) in [7, 11) is 1.60. The summed E-state index contributed by atoms with van der Waals surface area (Å²) in [6.45, 7) is 0.348. The van der Waals surface area contributed by atoms with Crippen LogP contribution in [0.2, 0.25) is 0 Å². The fourth-order valence-corrected chi connectivity index (χ4v) is 1.81. The lowest BCUT2D eigenvalue weighted by Crippen LogP contribution is -2.00. The SMILES string of the molecule is COc1ccc(-c2ccccc2F)c(CN)c1. The average Bonchev–Trinajstić information content (AvgIpc) is 2.38. The third-order valence-corrected chi connectivity index (χ3v) is 2.70. The predicted molar refractivity (Wildman–Crippen MR) is 66.3 cm³/mol. The lowest BCUT2D eigenvalue weighted by molar-refractivity contribution is 0.414. The van der Waals surface area contributed by atoms with Gasteiger partial charge in [-0.1, -0.05) is 24.3 Å². The van der Waals surface area contributed by atoms with E-state index < -0.39 is 0 Å². The van der Waals surface area contributed by atoms with E-state index in [9.17, 15) is 4.39 Å². The van der Waals surface area contributed by atoms with Gasteiger partial charge in [0, 0.05) is 12.1 Å². The van der Waals surface area contributed by atoms with Gasteiger partial charge in [-0.2, -0.15) is 0 Å². The van der Waals surface area contributed by atoms with Crippen LogP contribution in [-0.4, -0.2) is 7.11 Å². The number of hydrogen-bond donors (Lipinski definition) is 1. The van der Waals surface area contributed by atoms with Crippen LogP contribution in [0.1, 0.15) is 5.56 Å².